The summed E-state index contributed by atoms with van der Waals surface area (Å²) in [5.74, 6) is 1.66. The minimum absolute atomic E-state index is 0.796. The highest BCUT2D eigenvalue weighted by Crippen LogP contribution is 2.37. The zero-order valence-corrected chi connectivity index (χ0v) is 8.24. The highest BCUT2D eigenvalue weighted by Gasteiger charge is 2.31. The molecule has 1 saturated heterocycles. The van der Waals surface area contributed by atoms with Crippen molar-refractivity contribution in [1.29, 1.82) is 0 Å². The standard InChI is InChI=1S/C13H15N/c1-2-4-10(5-3-1)11-6-12-8-14-9-13(12)7-11/h1-6,12-14H,7-9H2/t12-,13+/m1/s1. The minimum Gasteiger partial charge on any atom is -0.316 e. The summed E-state index contributed by atoms with van der Waals surface area (Å²) in [5, 5.41) is 3.45. The predicted molar refractivity (Wildman–Crippen MR) is 58.9 cm³/mol. The Bertz CT molecular complexity index is 353. The van der Waals surface area contributed by atoms with Gasteiger partial charge >= 0.3 is 0 Å². The molecule has 0 spiro atoms. The van der Waals surface area contributed by atoms with Crippen molar-refractivity contribution in [3.63, 3.8) is 0 Å². The van der Waals surface area contributed by atoms with E-state index in [-0.39, 0.29) is 0 Å². The maximum Gasteiger partial charge on any atom is 0.00178 e. The van der Waals surface area contributed by atoms with Crippen LogP contribution in [0.25, 0.3) is 5.57 Å². The summed E-state index contributed by atoms with van der Waals surface area (Å²) >= 11 is 0. The SMILES string of the molecule is C1=C(c2ccccc2)C[C@H]2CNC[C@@H]12. The van der Waals surface area contributed by atoms with Crippen molar-refractivity contribution in [2.24, 2.45) is 11.8 Å². The second-order valence-electron chi connectivity index (χ2n) is 4.34. The number of nitrogens with one attached hydrogen (secondary N) is 1. The Labute approximate surface area is 84.8 Å². The Kier molecular flexibility index (Phi) is 1.91. The lowest BCUT2D eigenvalue weighted by molar-refractivity contribution is 0.536. The summed E-state index contributed by atoms with van der Waals surface area (Å²) in [4.78, 5) is 0. The lowest BCUT2D eigenvalue weighted by Crippen LogP contribution is -2.09. The first kappa shape index (κ1) is 8.25. The van der Waals surface area contributed by atoms with Gasteiger partial charge in [-0.05, 0) is 35.9 Å². The molecule has 1 aromatic rings. The number of fused-ring (bicyclic) bond motifs is 1. The molecule has 2 aliphatic rings. The quantitative estimate of drug-likeness (QED) is 0.708. The molecule has 1 aliphatic heterocycles. The highest BCUT2D eigenvalue weighted by atomic mass is 14.9. The van der Waals surface area contributed by atoms with Crippen molar-refractivity contribution in [1.82, 2.24) is 5.32 Å². The van der Waals surface area contributed by atoms with Gasteiger partial charge in [0.15, 0.2) is 0 Å². The second-order valence-corrected chi connectivity index (χ2v) is 4.34. The van der Waals surface area contributed by atoms with Crippen LogP contribution in [0.15, 0.2) is 36.4 Å². The van der Waals surface area contributed by atoms with Crippen molar-refractivity contribution in [3.05, 3.63) is 42.0 Å². The molecule has 1 aromatic carbocycles. The first-order valence-corrected chi connectivity index (χ1v) is 5.40. The third kappa shape index (κ3) is 1.28. The monoisotopic (exact) mass is 185 g/mol. The molecule has 3 rings (SSSR count). The Morgan fingerprint density at radius 3 is 2.71 bits per heavy atom. The summed E-state index contributed by atoms with van der Waals surface area (Å²) in [6, 6.07) is 10.8. The van der Waals surface area contributed by atoms with E-state index in [1.807, 2.05) is 0 Å². The van der Waals surface area contributed by atoms with E-state index in [1.54, 1.807) is 5.57 Å². The smallest absolute Gasteiger partial charge is 0.00178 e. The molecule has 1 heteroatoms. The molecule has 0 amide bonds. The third-order valence-corrected chi connectivity index (χ3v) is 3.43. The number of hydrogen-bond acceptors (Lipinski definition) is 1. The van der Waals surface area contributed by atoms with Gasteiger partial charge < -0.3 is 5.32 Å². The number of hydrogen-bond donors (Lipinski definition) is 1. The molecule has 2 atom stereocenters. The average Bonchev–Trinajstić information content (AvgIpc) is 2.78. The maximum atomic E-state index is 3.45. The van der Waals surface area contributed by atoms with Gasteiger partial charge in [-0.25, -0.2) is 0 Å². The van der Waals surface area contributed by atoms with Crippen LogP contribution in [0.5, 0.6) is 0 Å². The molecule has 72 valence electrons. The second kappa shape index (κ2) is 3.25. The molecule has 0 unspecified atom stereocenters. The normalized spacial score (nSPS) is 30.1. The van der Waals surface area contributed by atoms with Gasteiger partial charge in [0.1, 0.15) is 0 Å². The zero-order valence-electron chi connectivity index (χ0n) is 8.24. The molecule has 0 aromatic heterocycles. The van der Waals surface area contributed by atoms with Gasteiger partial charge in [0.2, 0.25) is 0 Å². The van der Waals surface area contributed by atoms with Gasteiger partial charge in [0.25, 0.3) is 0 Å². The van der Waals surface area contributed by atoms with Crippen LogP contribution in [0, 0.1) is 11.8 Å². The van der Waals surface area contributed by atoms with Crippen molar-refractivity contribution in [3.8, 4) is 0 Å². The summed E-state index contributed by atoms with van der Waals surface area (Å²) in [6.07, 6.45) is 3.74. The molecule has 0 saturated carbocycles. The summed E-state index contributed by atoms with van der Waals surface area (Å²) in [6.45, 7) is 2.39. The fourth-order valence-electron chi connectivity index (χ4n) is 2.65. The molecular weight excluding hydrogens is 170 g/mol. The van der Waals surface area contributed by atoms with Crippen LogP contribution in [0.4, 0.5) is 0 Å². The molecule has 1 heterocycles. The Balaban J connectivity index is 1.88. The van der Waals surface area contributed by atoms with Gasteiger partial charge in [-0.15, -0.1) is 0 Å². The van der Waals surface area contributed by atoms with E-state index in [4.69, 9.17) is 0 Å². The van der Waals surface area contributed by atoms with Crippen LogP contribution in [-0.2, 0) is 0 Å². The Morgan fingerprint density at radius 2 is 1.93 bits per heavy atom. The van der Waals surface area contributed by atoms with Crippen LogP contribution in [0.2, 0.25) is 0 Å². The van der Waals surface area contributed by atoms with Crippen molar-refractivity contribution >= 4 is 5.57 Å². The fraction of sp³-hybridized carbons (Fsp3) is 0.385. The molecular formula is C13H15N. The van der Waals surface area contributed by atoms with Crippen LogP contribution in [-0.4, -0.2) is 13.1 Å². The van der Waals surface area contributed by atoms with Gasteiger partial charge in [0.05, 0.1) is 0 Å². The zero-order chi connectivity index (χ0) is 9.38. The number of rotatable bonds is 1. The van der Waals surface area contributed by atoms with E-state index >= 15 is 0 Å². The van der Waals surface area contributed by atoms with Gasteiger partial charge in [-0.1, -0.05) is 36.4 Å². The van der Waals surface area contributed by atoms with Crippen LogP contribution >= 0.6 is 0 Å². The highest BCUT2D eigenvalue weighted by molar-refractivity contribution is 5.68. The summed E-state index contributed by atoms with van der Waals surface area (Å²) in [5.41, 5.74) is 2.98. The lowest BCUT2D eigenvalue weighted by atomic mass is 9.98. The van der Waals surface area contributed by atoms with Gasteiger partial charge in [0, 0.05) is 6.54 Å². The average molecular weight is 185 g/mol. The number of allylic oxidation sites excluding steroid dienone is 1. The van der Waals surface area contributed by atoms with Crippen molar-refractivity contribution in [2.75, 3.05) is 13.1 Å². The Morgan fingerprint density at radius 1 is 1.07 bits per heavy atom. The first-order chi connectivity index (χ1) is 6.93. The topological polar surface area (TPSA) is 12.0 Å². The summed E-state index contributed by atoms with van der Waals surface area (Å²) in [7, 11) is 0. The molecule has 0 bridgehead atoms. The van der Waals surface area contributed by atoms with E-state index in [2.05, 4.69) is 41.7 Å². The molecule has 0 radical (unpaired) electrons. The minimum atomic E-state index is 0.796. The molecule has 1 aliphatic carbocycles. The van der Waals surface area contributed by atoms with Crippen molar-refractivity contribution < 1.29 is 0 Å². The number of benzene rings is 1. The van der Waals surface area contributed by atoms with E-state index in [9.17, 15) is 0 Å². The molecule has 14 heavy (non-hydrogen) atoms. The fourth-order valence-corrected chi connectivity index (χ4v) is 2.65. The van der Waals surface area contributed by atoms with Crippen LogP contribution < -0.4 is 5.32 Å². The molecule has 1 nitrogen and oxygen atoms in total. The predicted octanol–water partition coefficient (Wildman–Crippen LogP) is 2.31. The van der Waals surface area contributed by atoms with Crippen LogP contribution in [0.1, 0.15) is 12.0 Å². The van der Waals surface area contributed by atoms with E-state index < -0.39 is 0 Å². The Hall–Kier alpha value is -1.08. The molecule has 1 fully saturated rings. The summed E-state index contributed by atoms with van der Waals surface area (Å²) < 4.78 is 0. The first-order valence-electron chi connectivity index (χ1n) is 5.40. The third-order valence-electron chi connectivity index (χ3n) is 3.43. The van der Waals surface area contributed by atoms with Crippen LogP contribution in [0.3, 0.4) is 0 Å². The van der Waals surface area contributed by atoms with E-state index in [0.29, 0.717) is 0 Å². The van der Waals surface area contributed by atoms with Gasteiger partial charge in [-0.3, -0.25) is 0 Å². The van der Waals surface area contributed by atoms with E-state index in [1.165, 1.54) is 25.1 Å². The largest absolute Gasteiger partial charge is 0.316 e. The lowest BCUT2D eigenvalue weighted by Gasteiger charge is -2.06. The maximum absolute atomic E-state index is 3.45. The van der Waals surface area contributed by atoms with Gasteiger partial charge in [-0.2, -0.15) is 0 Å². The van der Waals surface area contributed by atoms with Crippen molar-refractivity contribution in [2.45, 2.75) is 6.42 Å². The van der Waals surface area contributed by atoms with E-state index in [0.717, 1.165) is 11.8 Å². The molecule has 1 N–H and O–H groups in total.